The van der Waals surface area contributed by atoms with Crippen LogP contribution < -0.4 is 5.56 Å². The number of rotatable bonds is 5. The number of aromatic nitrogens is 2. The highest BCUT2D eigenvalue weighted by Gasteiger charge is 2.17. The zero-order valence-corrected chi connectivity index (χ0v) is 17.7. The van der Waals surface area contributed by atoms with Gasteiger partial charge in [0, 0.05) is 5.56 Å². The molecule has 9 heteroatoms. The van der Waals surface area contributed by atoms with Gasteiger partial charge in [0.25, 0.3) is 5.56 Å². The molecule has 1 atom stereocenters. The van der Waals surface area contributed by atoms with E-state index in [1.807, 2.05) is 0 Å². The van der Waals surface area contributed by atoms with Crippen molar-refractivity contribution in [3.8, 4) is 27.3 Å². The minimum atomic E-state index is -1.94. The second kappa shape index (κ2) is 8.61. The molecule has 0 saturated carbocycles. The molecule has 152 valence electrons. The van der Waals surface area contributed by atoms with Crippen molar-refractivity contribution in [2.24, 2.45) is 0 Å². The first-order valence-electron chi connectivity index (χ1n) is 8.73. The quantitative estimate of drug-likeness (QED) is 0.418. The second-order valence-corrected chi connectivity index (χ2v) is 9.02. The van der Waals surface area contributed by atoms with E-state index in [9.17, 15) is 13.4 Å². The molecule has 0 aliphatic heterocycles. The minimum Gasteiger partial charge on any atom is -0.306 e. The van der Waals surface area contributed by atoms with Crippen LogP contribution in [0.5, 0.6) is 0 Å². The molecule has 30 heavy (non-hydrogen) atoms. The topological polar surface area (TPSA) is 72.2 Å². The Morgan fingerprint density at radius 2 is 1.70 bits per heavy atom. The summed E-state index contributed by atoms with van der Waals surface area (Å²) in [5.74, 6) is -0.384. The van der Waals surface area contributed by atoms with Crippen molar-refractivity contribution in [3.63, 3.8) is 0 Å². The minimum absolute atomic E-state index is 0.0179. The zero-order chi connectivity index (χ0) is 21.3. The van der Waals surface area contributed by atoms with Gasteiger partial charge >= 0.3 is 0 Å². The highest BCUT2D eigenvalue weighted by Crippen LogP contribution is 2.31. The molecule has 0 amide bonds. The Morgan fingerprint density at radius 1 is 1.03 bits per heavy atom. The Bertz CT molecular complexity index is 1290. The highest BCUT2D eigenvalue weighted by atomic mass is 35.5. The van der Waals surface area contributed by atoms with E-state index >= 15 is 0 Å². The first-order chi connectivity index (χ1) is 14.4. The van der Waals surface area contributed by atoms with E-state index in [2.05, 4.69) is 5.10 Å². The Kier molecular flexibility index (Phi) is 5.92. The third-order valence-corrected chi connectivity index (χ3v) is 6.22. The molecule has 1 N–H and O–H groups in total. The van der Waals surface area contributed by atoms with Gasteiger partial charge in [0.15, 0.2) is 11.1 Å². The van der Waals surface area contributed by atoms with E-state index in [0.29, 0.717) is 37.2 Å². The normalized spacial score (nSPS) is 12.1. The van der Waals surface area contributed by atoms with E-state index in [1.165, 1.54) is 28.2 Å². The number of halogens is 2. The molecule has 0 fully saturated rings. The van der Waals surface area contributed by atoms with Gasteiger partial charge in [-0.05, 0) is 41.0 Å². The number of hydrogen-bond acceptors (Lipinski definition) is 4. The lowest BCUT2D eigenvalue weighted by atomic mass is 9.97. The van der Waals surface area contributed by atoms with Crippen LogP contribution in [0.25, 0.3) is 27.3 Å². The lowest BCUT2D eigenvalue weighted by Gasteiger charge is -2.12. The van der Waals surface area contributed by atoms with Crippen LogP contribution in [-0.4, -0.2) is 18.5 Å². The van der Waals surface area contributed by atoms with Crippen LogP contribution in [0.4, 0.5) is 4.39 Å². The molecular formula is C21H14ClFN2O3S2. The van der Waals surface area contributed by atoms with Crippen molar-refractivity contribution in [2.45, 2.75) is 5.75 Å². The average Bonchev–Trinajstić information content (AvgIpc) is 3.15. The molecule has 2 aromatic carbocycles. The van der Waals surface area contributed by atoms with Crippen molar-refractivity contribution < 1.29 is 13.2 Å². The molecule has 2 heterocycles. The van der Waals surface area contributed by atoms with Gasteiger partial charge in [-0.15, -0.1) is 11.3 Å². The fourth-order valence-electron chi connectivity index (χ4n) is 3.07. The Morgan fingerprint density at radius 3 is 2.30 bits per heavy atom. The van der Waals surface area contributed by atoms with Gasteiger partial charge in [-0.1, -0.05) is 48.0 Å². The molecule has 0 aliphatic rings. The molecule has 4 aromatic rings. The first kappa shape index (κ1) is 20.6. The largest absolute Gasteiger partial charge is 0.306 e. The van der Waals surface area contributed by atoms with Crippen LogP contribution >= 0.6 is 22.9 Å². The monoisotopic (exact) mass is 460 g/mol. The predicted octanol–water partition coefficient (Wildman–Crippen LogP) is 5.14. The maximum Gasteiger partial charge on any atom is 0.280 e. The maximum atomic E-state index is 13.5. The fraction of sp³-hybridized carbons (Fsp3) is 0.0476. The number of thiophene rings is 1. The molecule has 0 spiro atoms. The maximum absolute atomic E-state index is 13.5. The molecular weight excluding hydrogens is 447 g/mol. The first-order valence-corrected chi connectivity index (χ1v) is 11.2. The van der Waals surface area contributed by atoms with Crippen LogP contribution in [0, 0.1) is 5.82 Å². The third kappa shape index (κ3) is 4.27. The van der Waals surface area contributed by atoms with Gasteiger partial charge in [0.05, 0.1) is 21.8 Å². The molecule has 0 radical (unpaired) electrons. The lowest BCUT2D eigenvalue weighted by Crippen LogP contribution is -2.22. The van der Waals surface area contributed by atoms with Gasteiger partial charge < -0.3 is 4.55 Å². The van der Waals surface area contributed by atoms with Gasteiger partial charge in [-0.25, -0.2) is 8.60 Å². The molecule has 0 aliphatic carbocycles. The van der Waals surface area contributed by atoms with Crippen LogP contribution in [0.3, 0.4) is 0 Å². The van der Waals surface area contributed by atoms with E-state index in [-0.39, 0.29) is 11.3 Å². The van der Waals surface area contributed by atoms with Crippen molar-refractivity contribution in [1.29, 1.82) is 0 Å². The van der Waals surface area contributed by atoms with Crippen molar-refractivity contribution in [2.75, 3.05) is 0 Å². The SMILES string of the molecule is O=c1c(-c2ccc(F)cc2)c(-c2ccc(CS(=O)O)cc2)cnn1-c1ccc(Cl)s1. The predicted molar refractivity (Wildman–Crippen MR) is 118 cm³/mol. The highest BCUT2D eigenvalue weighted by molar-refractivity contribution is 7.78. The van der Waals surface area contributed by atoms with E-state index in [0.717, 1.165) is 0 Å². The molecule has 1 unspecified atom stereocenters. The van der Waals surface area contributed by atoms with Crippen LogP contribution in [0.1, 0.15) is 5.56 Å². The average molecular weight is 461 g/mol. The van der Waals surface area contributed by atoms with Gasteiger partial charge in [0.2, 0.25) is 0 Å². The summed E-state index contributed by atoms with van der Waals surface area (Å²) in [7, 11) is 0. The van der Waals surface area contributed by atoms with E-state index < -0.39 is 16.9 Å². The van der Waals surface area contributed by atoms with Gasteiger partial charge in [0.1, 0.15) is 10.8 Å². The van der Waals surface area contributed by atoms with Crippen LogP contribution in [0.15, 0.2) is 71.7 Å². The van der Waals surface area contributed by atoms with Gasteiger partial charge in [-0.2, -0.15) is 9.78 Å². The second-order valence-electron chi connectivity index (χ2n) is 6.40. The lowest BCUT2D eigenvalue weighted by molar-refractivity contribution is 0.563. The summed E-state index contributed by atoms with van der Waals surface area (Å²) in [5, 5.41) is 4.88. The number of nitrogens with zero attached hydrogens (tertiary/aromatic N) is 2. The number of hydrogen-bond donors (Lipinski definition) is 1. The Balaban J connectivity index is 1.90. The molecule has 2 aromatic heterocycles. The van der Waals surface area contributed by atoms with Crippen molar-refractivity contribution >= 4 is 34.0 Å². The summed E-state index contributed by atoms with van der Waals surface area (Å²) >= 11 is 5.29. The van der Waals surface area contributed by atoms with Gasteiger partial charge in [-0.3, -0.25) is 4.79 Å². The third-order valence-electron chi connectivity index (χ3n) is 4.43. The van der Waals surface area contributed by atoms with E-state index in [4.69, 9.17) is 16.2 Å². The number of benzene rings is 2. The summed E-state index contributed by atoms with van der Waals surface area (Å²) in [6.07, 6.45) is 1.58. The summed E-state index contributed by atoms with van der Waals surface area (Å²) in [4.78, 5) is 13.4. The van der Waals surface area contributed by atoms with Crippen molar-refractivity contribution in [1.82, 2.24) is 9.78 Å². The summed E-state index contributed by atoms with van der Waals surface area (Å²) in [6, 6.07) is 16.1. The Hall–Kier alpha value is -2.65. The fourth-order valence-corrected chi connectivity index (χ4v) is 4.53. The molecule has 0 saturated heterocycles. The molecule has 5 nitrogen and oxygen atoms in total. The molecule has 0 bridgehead atoms. The van der Waals surface area contributed by atoms with Crippen molar-refractivity contribution in [3.05, 3.63) is 92.9 Å². The standard InChI is InChI=1S/C21H14ClFN2O3S2/c22-18-9-10-19(29-18)25-21(26)20(15-5-7-16(23)8-6-15)17(11-24-25)14-3-1-13(2-4-14)12-30(27)28/h1-11H,12H2,(H,27,28). The van der Waals surface area contributed by atoms with Crippen LogP contribution in [0.2, 0.25) is 4.34 Å². The summed E-state index contributed by atoms with van der Waals surface area (Å²) in [6.45, 7) is 0. The summed E-state index contributed by atoms with van der Waals surface area (Å²) in [5.41, 5.74) is 2.53. The zero-order valence-electron chi connectivity index (χ0n) is 15.3. The summed E-state index contributed by atoms with van der Waals surface area (Å²) < 4.78 is 35.4. The smallest absolute Gasteiger partial charge is 0.280 e. The Labute approximate surface area is 182 Å². The van der Waals surface area contributed by atoms with Crippen LogP contribution in [-0.2, 0) is 16.8 Å². The van der Waals surface area contributed by atoms with E-state index in [1.54, 1.807) is 54.7 Å². The molecule has 4 rings (SSSR count).